The lowest BCUT2D eigenvalue weighted by molar-refractivity contribution is -0.137. The quantitative estimate of drug-likeness (QED) is 0.786. The Balaban J connectivity index is 2.17. The summed E-state index contributed by atoms with van der Waals surface area (Å²) in [5.74, 6) is -0.0776. The Morgan fingerprint density at radius 1 is 1.35 bits per heavy atom. The van der Waals surface area contributed by atoms with Crippen molar-refractivity contribution in [1.82, 2.24) is 19.1 Å². The van der Waals surface area contributed by atoms with Crippen molar-refractivity contribution in [2.45, 2.75) is 13.0 Å². The molecule has 102 valence electrons. The number of carboxylic acid groups (broad SMARTS) is 1. The predicted molar refractivity (Wildman–Crippen MR) is 74.2 cm³/mol. The van der Waals surface area contributed by atoms with E-state index >= 15 is 0 Å². The second-order valence-corrected chi connectivity index (χ2v) is 4.61. The Kier molecular flexibility index (Phi) is 2.98. The van der Waals surface area contributed by atoms with Crippen LogP contribution in [0.5, 0.6) is 0 Å². The molecule has 0 aliphatic carbocycles. The first-order valence-corrected chi connectivity index (χ1v) is 6.30. The number of fused-ring (bicyclic) bond motifs is 1. The molecule has 0 saturated carbocycles. The number of aryl methyl sites for hydroxylation is 2. The fourth-order valence-electron chi connectivity index (χ4n) is 2.28. The van der Waals surface area contributed by atoms with E-state index in [1.807, 2.05) is 40.4 Å². The smallest absolute Gasteiger partial charge is 0.305 e. The Labute approximate surface area is 115 Å². The molecule has 3 rings (SSSR count). The highest BCUT2D eigenvalue weighted by molar-refractivity contribution is 5.80. The maximum Gasteiger partial charge on any atom is 0.305 e. The normalized spacial score (nSPS) is 11.1. The maximum atomic E-state index is 10.8. The van der Waals surface area contributed by atoms with Gasteiger partial charge in [-0.1, -0.05) is 12.1 Å². The molecule has 3 aromatic rings. The molecule has 2 heterocycles. The van der Waals surface area contributed by atoms with Crippen LogP contribution in [0.15, 0.2) is 36.8 Å². The van der Waals surface area contributed by atoms with Crippen LogP contribution in [0.2, 0.25) is 0 Å². The third-order valence-corrected chi connectivity index (χ3v) is 3.25. The SMILES string of the molecule is Cn1cncc1-c1nc2ccccc2n1CCC(=O)O. The number of carbonyl (C=O) groups is 1. The molecular weight excluding hydrogens is 256 g/mol. The van der Waals surface area contributed by atoms with Crippen molar-refractivity contribution < 1.29 is 9.90 Å². The van der Waals surface area contributed by atoms with Gasteiger partial charge in [-0.3, -0.25) is 4.79 Å². The number of imidazole rings is 2. The van der Waals surface area contributed by atoms with Gasteiger partial charge in [0.2, 0.25) is 0 Å². The first-order chi connectivity index (χ1) is 9.66. The van der Waals surface area contributed by atoms with Crippen LogP contribution in [0.25, 0.3) is 22.6 Å². The first-order valence-electron chi connectivity index (χ1n) is 6.30. The second-order valence-electron chi connectivity index (χ2n) is 4.61. The number of para-hydroxylation sites is 2. The second kappa shape index (κ2) is 4.80. The average molecular weight is 270 g/mol. The summed E-state index contributed by atoms with van der Waals surface area (Å²) < 4.78 is 3.80. The summed E-state index contributed by atoms with van der Waals surface area (Å²) in [4.78, 5) is 19.5. The minimum absolute atomic E-state index is 0.0607. The molecule has 0 saturated heterocycles. The number of aromatic nitrogens is 4. The summed E-state index contributed by atoms with van der Waals surface area (Å²) in [5, 5.41) is 8.91. The van der Waals surface area contributed by atoms with Crippen LogP contribution in [-0.4, -0.2) is 30.2 Å². The van der Waals surface area contributed by atoms with Gasteiger partial charge in [0.1, 0.15) is 5.69 Å². The highest BCUT2D eigenvalue weighted by Crippen LogP contribution is 2.24. The number of hydrogen-bond donors (Lipinski definition) is 1. The van der Waals surface area contributed by atoms with Gasteiger partial charge in [0.05, 0.1) is 30.0 Å². The van der Waals surface area contributed by atoms with Crippen molar-refractivity contribution in [3.63, 3.8) is 0 Å². The molecule has 0 bridgehead atoms. The van der Waals surface area contributed by atoms with E-state index in [-0.39, 0.29) is 6.42 Å². The number of nitrogens with zero attached hydrogens (tertiary/aromatic N) is 4. The lowest BCUT2D eigenvalue weighted by Gasteiger charge is -2.07. The lowest BCUT2D eigenvalue weighted by atomic mass is 10.3. The fraction of sp³-hybridized carbons (Fsp3) is 0.214. The van der Waals surface area contributed by atoms with Gasteiger partial charge in [-0.15, -0.1) is 0 Å². The summed E-state index contributed by atoms with van der Waals surface area (Å²) in [6.45, 7) is 0.385. The summed E-state index contributed by atoms with van der Waals surface area (Å²) in [6, 6.07) is 7.72. The number of aliphatic carboxylic acids is 1. The van der Waals surface area contributed by atoms with Crippen LogP contribution in [0.3, 0.4) is 0 Å². The minimum Gasteiger partial charge on any atom is -0.481 e. The molecule has 6 nitrogen and oxygen atoms in total. The molecule has 6 heteroatoms. The largest absolute Gasteiger partial charge is 0.481 e. The van der Waals surface area contributed by atoms with Gasteiger partial charge in [-0.05, 0) is 12.1 Å². The number of carboxylic acids is 1. The monoisotopic (exact) mass is 270 g/mol. The summed E-state index contributed by atoms with van der Waals surface area (Å²) >= 11 is 0. The molecule has 1 aromatic carbocycles. The number of benzene rings is 1. The van der Waals surface area contributed by atoms with Crippen LogP contribution in [0.1, 0.15) is 6.42 Å². The molecule has 0 radical (unpaired) electrons. The van der Waals surface area contributed by atoms with Crippen LogP contribution in [0.4, 0.5) is 0 Å². The molecule has 20 heavy (non-hydrogen) atoms. The molecule has 0 aliphatic rings. The van der Waals surface area contributed by atoms with E-state index in [1.54, 1.807) is 12.5 Å². The van der Waals surface area contributed by atoms with Crippen LogP contribution in [0, 0.1) is 0 Å². The minimum atomic E-state index is -0.821. The molecule has 0 atom stereocenters. The van der Waals surface area contributed by atoms with Crippen molar-refractivity contribution >= 4 is 17.0 Å². The van der Waals surface area contributed by atoms with E-state index in [0.717, 1.165) is 22.6 Å². The van der Waals surface area contributed by atoms with E-state index in [1.165, 1.54) is 0 Å². The van der Waals surface area contributed by atoms with E-state index in [4.69, 9.17) is 5.11 Å². The maximum absolute atomic E-state index is 10.8. The first kappa shape index (κ1) is 12.4. The molecule has 0 amide bonds. The zero-order valence-electron chi connectivity index (χ0n) is 11.0. The Hall–Kier alpha value is -2.63. The molecule has 0 fully saturated rings. The van der Waals surface area contributed by atoms with E-state index < -0.39 is 5.97 Å². The average Bonchev–Trinajstić information content (AvgIpc) is 2.99. The number of rotatable bonds is 4. The van der Waals surface area contributed by atoms with Crippen LogP contribution in [-0.2, 0) is 18.4 Å². The molecular formula is C14H14N4O2. The van der Waals surface area contributed by atoms with Gasteiger partial charge < -0.3 is 14.2 Å². The third-order valence-electron chi connectivity index (χ3n) is 3.25. The molecule has 1 N–H and O–H groups in total. The highest BCUT2D eigenvalue weighted by atomic mass is 16.4. The van der Waals surface area contributed by atoms with E-state index in [2.05, 4.69) is 9.97 Å². The van der Waals surface area contributed by atoms with E-state index in [0.29, 0.717) is 6.54 Å². The summed E-state index contributed by atoms with van der Waals surface area (Å²) in [6.07, 6.45) is 3.50. The molecule has 0 unspecified atom stereocenters. The topological polar surface area (TPSA) is 72.9 Å². The predicted octanol–water partition coefficient (Wildman–Crippen LogP) is 1.91. The Morgan fingerprint density at radius 3 is 2.85 bits per heavy atom. The lowest BCUT2D eigenvalue weighted by Crippen LogP contribution is -2.07. The molecule has 0 aliphatic heterocycles. The molecule has 0 spiro atoms. The zero-order chi connectivity index (χ0) is 14.1. The standard InChI is InChI=1S/C14H14N4O2/c1-17-9-15-8-12(17)14-16-10-4-2-3-5-11(10)18(14)7-6-13(19)20/h2-5,8-9H,6-7H2,1H3,(H,19,20). The van der Waals surface area contributed by atoms with Gasteiger partial charge in [-0.25, -0.2) is 9.97 Å². The van der Waals surface area contributed by atoms with Crippen LogP contribution < -0.4 is 0 Å². The van der Waals surface area contributed by atoms with Crippen molar-refractivity contribution in [2.24, 2.45) is 7.05 Å². The van der Waals surface area contributed by atoms with Gasteiger partial charge in [0.25, 0.3) is 0 Å². The van der Waals surface area contributed by atoms with Gasteiger partial charge in [0.15, 0.2) is 5.82 Å². The summed E-state index contributed by atoms with van der Waals surface area (Å²) in [7, 11) is 1.89. The van der Waals surface area contributed by atoms with Crippen molar-refractivity contribution in [3.8, 4) is 11.5 Å². The van der Waals surface area contributed by atoms with Crippen LogP contribution >= 0.6 is 0 Å². The van der Waals surface area contributed by atoms with E-state index in [9.17, 15) is 4.79 Å². The fourth-order valence-corrected chi connectivity index (χ4v) is 2.28. The Morgan fingerprint density at radius 2 is 2.15 bits per heavy atom. The van der Waals surface area contributed by atoms with Crippen molar-refractivity contribution in [1.29, 1.82) is 0 Å². The van der Waals surface area contributed by atoms with Crippen molar-refractivity contribution in [3.05, 3.63) is 36.8 Å². The van der Waals surface area contributed by atoms with Gasteiger partial charge in [0, 0.05) is 13.6 Å². The Bertz CT molecular complexity index is 772. The zero-order valence-corrected chi connectivity index (χ0v) is 11.0. The summed E-state index contributed by atoms with van der Waals surface area (Å²) in [5.41, 5.74) is 2.66. The number of hydrogen-bond acceptors (Lipinski definition) is 3. The van der Waals surface area contributed by atoms with Gasteiger partial charge >= 0.3 is 5.97 Å². The third kappa shape index (κ3) is 2.05. The van der Waals surface area contributed by atoms with Gasteiger partial charge in [-0.2, -0.15) is 0 Å². The highest BCUT2D eigenvalue weighted by Gasteiger charge is 2.15. The van der Waals surface area contributed by atoms with Crippen molar-refractivity contribution in [2.75, 3.05) is 0 Å². The molecule has 2 aromatic heterocycles.